The zero-order chi connectivity index (χ0) is 15.7. The van der Waals surface area contributed by atoms with Crippen molar-refractivity contribution in [3.05, 3.63) is 29.8 Å². The lowest BCUT2D eigenvalue weighted by molar-refractivity contribution is 0.174. The molecule has 0 saturated heterocycles. The van der Waals surface area contributed by atoms with Crippen molar-refractivity contribution in [3.8, 4) is 5.75 Å². The zero-order valence-electron chi connectivity index (χ0n) is 13.8. The maximum atomic E-state index is 9.45. The second-order valence-electron chi connectivity index (χ2n) is 5.64. The molecule has 0 amide bonds. The van der Waals surface area contributed by atoms with E-state index in [1.165, 1.54) is 5.56 Å². The summed E-state index contributed by atoms with van der Waals surface area (Å²) in [5, 5.41) is 12.8. The topological polar surface area (TPSA) is 44.7 Å². The highest BCUT2D eigenvalue weighted by atomic mass is 16.5. The predicted molar refractivity (Wildman–Crippen MR) is 88.0 cm³/mol. The third kappa shape index (κ3) is 6.04. The minimum Gasteiger partial charge on any atom is -0.496 e. The Bertz CT molecular complexity index is 398. The van der Waals surface area contributed by atoms with Gasteiger partial charge in [-0.15, -0.1) is 0 Å². The molecule has 0 fully saturated rings. The van der Waals surface area contributed by atoms with Crippen LogP contribution in [0.4, 0.5) is 0 Å². The predicted octanol–water partition coefficient (Wildman–Crippen LogP) is 1.92. The smallest absolute Gasteiger partial charge is 0.122 e. The van der Waals surface area contributed by atoms with Gasteiger partial charge >= 0.3 is 0 Å². The van der Waals surface area contributed by atoms with Crippen molar-refractivity contribution in [2.24, 2.45) is 0 Å². The first kappa shape index (κ1) is 18.0. The van der Waals surface area contributed by atoms with E-state index in [-0.39, 0.29) is 12.6 Å². The lowest BCUT2D eigenvalue weighted by Gasteiger charge is -2.29. The Balaban J connectivity index is 2.55. The average Bonchev–Trinajstić information content (AvgIpc) is 2.51. The third-order valence-corrected chi connectivity index (χ3v) is 3.87. The first-order valence-electron chi connectivity index (χ1n) is 7.78. The standard InChI is InChI=1S/C17H30N2O2/c1-5-10-18-16(13-20)12-19(3)14(2)11-15-8-6-7-9-17(15)21-4/h6-9,14,16,18,20H,5,10-13H2,1-4H3. The van der Waals surface area contributed by atoms with Gasteiger partial charge in [0.25, 0.3) is 0 Å². The summed E-state index contributed by atoms with van der Waals surface area (Å²) in [6.45, 7) is 6.30. The highest BCUT2D eigenvalue weighted by Crippen LogP contribution is 2.20. The van der Waals surface area contributed by atoms with E-state index in [1.54, 1.807) is 7.11 Å². The van der Waals surface area contributed by atoms with E-state index < -0.39 is 0 Å². The van der Waals surface area contributed by atoms with Crippen molar-refractivity contribution >= 4 is 0 Å². The van der Waals surface area contributed by atoms with Gasteiger partial charge in [0, 0.05) is 18.6 Å². The number of aliphatic hydroxyl groups is 1. The molecule has 4 nitrogen and oxygen atoms in total. The maximum absolute atomic E-state index is 9.45. The molecule has 0 spiro atoms. The van der Waals surface area contributed by atoms with Crippen molar-refractivity contribution < 1.29 is 9.84 Å². The fourth-order valence-electron chi connectivity index (χ4n) is 2.41. The second-order valence-corrected chi connectivity index (χ2v) is 5.64. The van der Waals surface area contributed by atoms with Crippen molar-refractivity contribution in [1.29, 1.82) is 0 Å². The quantitative estimate of drug-likeness (QED) is 0.692. The molecule has 0 aliphatic rings. The largest absolute Gasteiger partial charge is 0.496 e. The highest BCUT2D eigenvalue weighted by molar-refractivity contribution is 5.33. The van der Waals surface area contributed by atoms with E-state index in [0.717, 1.165) is 31.7 Å². The Morgan fingerprint density at radius 2 is 2.05 bits per heavy atom. The molecule has 0 radical (unpaired) electrons. The van der Waals surface area contributed by atoms with Crippen LogP contribution in [0.2, 0.25) is 0 Å². The first-order valence-corrected chi connectivity index (χ1v) is 7.78. The van der Waals surface area contributed by atoms with E-state index in [9.17, 15) is 5.11 Å². The van der Waals surface area contributed by atoms with Crippen LogP contribution < -0.4 is 10.1 Å². The fourth-order valence-corrected chi connectivity index (χ4v) is 2.41. The summed E-state index contributed by atoms with van der Waals surface area (Å²) in [5.41, 5.74) is 1.22. The molecule has 0 aliphatic heterocycles. The number of hydrogen-bond donors (Lipinski definition) is 2. The number of likely N-dealkylation sites (N-methyl/N-ethyl adjacent to an activating group) is 1. The van der Waals surface area contributed by atoms with Gasteiger partial charge in [0.2, 0.25) is 0 Å². The monoisotopic (exact) mass is 294 g/mol. The number of methoxy groups -OCH3 is 1. The van der Waals surface area contributed by atoms with E-state index in [1.807, 2.05) is 18.2 Å². The molecule has 0 heterocycles. The Morgan fingerprint density at radius 1 is 1.33 bits per heavy atom. The molecule has 120 valence electrons. The van der Waals surface area contributed by atoms with Crippen LogP contribution in [-0.2, 0) is 6.42 Å². The summed E-state index contributed by atoms with van der Waals surface area (Å²) < 4.78 is 5.41. The number of nitrogens with one attached hydrogen (secondary N) is 1. The number of hydrogen-bond acceptors (Lipinski definition) is 4. The van der Waals surface area contributed by atoms with Crippen LogP contribution in [0.1, 0.15) is 25.8 Å². The van der Waals surface area contributed by atoms with E-state index in [0.29, 0.717) is 6.04 Å². The van der Waals surface area contributed by atoms with Crippen LogP contribution >= 0.6 is 0 Å². The molecule has 1 aromatic rings. The third-order valence-electron chi connectivity index (χ3n) is 3.87. The number of ether oxygens (including phenoxy) is 1. The molecule has 0 aliphatic carbocycles. The van der Waals surface area contributed by atoms with Crippen LogP contribution in [0.15, 0.2) is 24.3 Å². The van der Waals surface area contributed by atoms with Crippen LogP contribution in [0.25, 0.3) is 0 Å². The minimum absolute atomic E-state index is 0.134. The number of para-hydroxylation sites is 1. The van der Waals surface area contributed by atoms with Crippen LogP contribution in [0.3, 0.4) is 0 Å². The van der Waals surface area contributed by atoms with Gasteiger partial charge in [0.05, 0.1) is 13.7 Å². The van der Waals surface area contributed by atoms with Gasteiger partial charge in [0.15, 0.2) is 0 Å². The van der Waals surface area contributed by atoms with Gasteiger partial charge < -0.3 is 20.1 Å². The molecule has 2 unspecified atom stereocenters. The molecule has 4 heteroatoms. The highest BCUT2D eigenvalue weighted by Gasteiger charge is 2.16. The zero-order valence-corrected chi connectivity index (χ0v) is 13.8. The summed E-state index contributed by atoms with van der Waals surface area (Å²) in [5.74, 6) is 0.945. The number of rotatable bonds is 10. The van der Waals surface area contributed by atoms with Crippen molar-refractivity contribution in [1.82, 2.24) is 10.2 Å². The van der Waals surface area contributed by atoms with Crippen molar-refractivity contribution in [3.63, 3.8) is 0 Å². The summed E-state index contributed by atoms with van der Waals surface area (Å²) in [4.78, 5) is 2.29. The molecular weight excluding hydrogens is 264 g/mol. The molecule has 0 aromatic heterocycles. The van der Waals surface area contributed by atoms with E-state index in [2.05, 4.69) is 37.2 Å². The van der Waals surface area contributed by atoms with Gasteiger partial charge in [-0.05, 0) is 45.0 Å². The summed E-state index contributed by atoms with van der Waals surface area (Å²) in [6, 6.07) is 8.68. The van der Waals surface area contributed by atoms with Crippen LogP contribution in [0, 0.1) is 0 Å². The Kier molecular flexibility index (Phi) is 8.35. The summed E-state index contributed by atoms with van der Waals surface area (Å²) >= 11 is 0. The Labute approximate surface area is 129 Å². The summed E-state index contributed by atoms with van der Waals surface area (Å²) in [7, 11) is 3.82. The normalized spacial score (nSPS) is 14.2. The molecule has 2 atom stereocenters. The molecule has 1 aromatic carbocycles. The molecule has 0 saturated carbocycles. The van der Waals surface area contributed by atoms with Crippen molar-refractivity contribution in [2.75, 3.05) is 33.9 Å². The SMILES string of the molecule is CCCNC(CO)CN(C)C(C)Cc1ccccc1OC. The van der Waals surface area contributed by atoms with E-state index >= 15 is 0 Å². The van der Waals surface area contributed by atoms with Gasteiger partial charge in [0.1, 0.15) is 5.75 Å². The second kappa shape index (κ2) is 9.77. The molecule has 2 N–H and O–H groups in total. The van der Waals surface area contributed by atoms with Gasteiger partial charge in [-0.3, -0.25) is 0 Å². The number of nitrogens with zero attached hydrogens (tertiary/aromatic N) is 1. The van der Waals surface area contributed by atoms with Gasteiger partial charge in [-0.2, -0.15) is 0 Å². The number of aliphatic hydroxyl groups excluding tert-OH is 1. The van der Waals surface area contributed by atoms with Crippen molar-refractivity contribution in [2.45, 2.75) is 38.8 Å². The lowest BCUT2D eigenvalue weighted by atomic mass is 10.0. The average molecular weight is 294 g/mol. The Morgan fingerprint density at radius 3 is 2.67 bits per heavy atom. The van der Waals surface area contributed by atoms with Gasteiger partial charge in [-0.1, -0.05) is 25.1 Å². The Hall–Kier alpha value is -1.10. The molecular formula is C17H30N2O2. The first-order chi connectivity index (χ1) is 10.1. The lowest BCUT2D eigenvalue weighted by Crippen LogP contribution is -2.45. The molecule has 1 rings (SSSR count). The van der Waals surface area contributed by atoms with Crippen LogP contribution in [0.5, 0.6) is 5.75 Å². The van der Waals surface area contributed by atoms with Crippen LogP contribution in [-0.4, -0.2) is 55.9 Å². The van der Waals surface area contributed by atoms with Gasteiger partial charge in [-0.25, -0.2) is 0 Å². The minimum atomic E-state index is 0.134. The number of benzene rings is 1. The molecule has 21 heavy (non-hydrogen) atoms. The van der Waals surface area contributed by atoms with E-state index in [4.69, 9.17) is 4.74 Å². The molecule has 0 bridgehead atoms. The fraction of sp³-hybridized carbons (Fsp3) is 0.647. The maximum Gasteiger partial charge on any atom is 0.122 e. The summed E-state index contributed by atoms with van der Waals surface area (Å²) in [6.07, 6.45) is 2.02.